The molecule has 0 bridgehead atoms. The van der Waals surface area contributed by atoms with E-state index in [-0.39, 0.29) is 0 Å². The summed E-state index contributed by atoms with van der Waals surface area (Å²) in [5, 5.41) is 7.17. The number of pyridine rings is 1. The smallest absolute Gasteiger partial charge is 0.138 e. The molecule has 3 nitrogen and oxygen atoms in total. The van der Waals surface area contributed by atoms with Crippen molar-refractivity contribution in [1.82, 2.24) is 9.55 Å². The molecule has 0 atom stereocenters. The summed E-state index contributed by atoms with van der Waals surface area (Å²) in [6.45, 7) is 5.90. The second kappa shape index (κ2) is 10.0. The summed E-state index contributed by atoms with van der Waals surface area (Å²) in [7, 11) is 0. The molecule has 3 aromatic heterocycles. The van der Waals surface area contributed by atoms with Crippen molar-refractivity contribution >= 4 is 60.1 Å². The van der Waals surface area contributed by atoms with Crippen LogP contribution in [0.1, 0.15) is 12.5 Å². The van der Waals surface area contributed by atoms with Crippen molar-refractivity contribution in [2.24, 2.45) is 0 Å². The molecule has 0 saturated heterocycles. The molecule has 204 valence electrons. The standard InChI is InChI=1S/C40H28N2O/c1-3-4-5-10-26(2)28-21-22-41-39(25-28)42-35-18-16-29(24-34(35)40-31-12-7-6-11-27(31)15-19-36(40)42)30-17-20-38-33(23-30)32-13-8-9-14-37(32)43-38/h3-25H,1H2,2H3/b5-4-,26-10+. The van der Waals surface area contributed by atoms with Gasteiger partial charge in [0.2, 0.25) is 0 Å². The Morgan fingerprint density at radius 2 is 1.44 bits per heavy atom. The third-order valence-corrected chi connectivity index (χ3v) is 8.39. The van der Waals surface area contributed by atoms with Gasteiger partial charge < -0.3 is 4.42 Å². The van der Waals surface area contributed by atoms with Gasteiger partial charge in [-0.2, -0.15) is 0 Å². The predicted molar refractivity (Wildman–Crippen MR) is 182 cm³/mol. The zero-order valence-electron chi connectivity index (χ0n) is 23.8. The van der Waals surface area contributed by atoms with Crippen molar-refractivity contribution < 1.29 is 4.42 Å². The molecular formula is C40H28N2O. The Bertz CT molecular complexity index is 2430. The molecule has 0 unspecified atom stereocenters. The number of rotatable bonds is 5. The third kappa shape index (κ3) is 4.09. The fourth-order valence-corrected chi connectivity index (χ4v) is 6.28. The monoisotopic (exact) mass is 552 g/mol. The topological polar surface area (TPSA) is 31.0 Å². The van der Waals surface area contributed by atoms with Crippen LogP contribution >= 0.6 is 0 Å². The molecule has 0 amide bonds. The molecule has 3 heterocycles. The lowest BCUT2D eigenvalue weighted by Crippen LogP contribution is -1.98. The van der Waals surface area contributed by atoms with E-state index >= 15 is 0 Å². The molecule has 0 N–H and O–H groups in total. The molecule has 0 aliphatic rings. The first kappa shape index (κ1) is 25.1. The van der Waals surface area contributed by atoms with Crippen molar-refractivity contribution in [2.75, 3.05) is 0 Å². The Balaban J connectivity index is 1.37. The number of aromatic nitrogens is 2. The molecule has 3 heteroatoms. The summed E-state index contributed by atoms with van der Waals surface area (Å²) in [5.41, 5.74) is 8.71. The second-order valence-corrected chi connectivity index (χ2v) is 10.9. The van der Waals surface area contributed by atoms with Crippen LogP contribution in [0.2, 0.25) is 0 Å². The van der Waals surface area contributed by atoms with Gasteiger partial charge in [-0.1, -0.05) is 91.5 Å². The molecule has 0 aliphatic carbocycles. The highest BCUT2D eigenvalue weighted by Crippen LogP contribution is 2.39. The summed E-state index contributed by atoms with van der Waals surface area (Å²) in [6.07, 6.45) is 9.74. The van der Waals surface area contributed by atoms with E-state index in [4.69, 9.17) is 9.40 Å². The first-order valence-corrected chi connectivity index (χ1v) is 14.5. The predicted octanol–water partition coefficient (Wildman–Crippen LogP) is 11.0. The molecule has 0 spiro atoms. The van der Waals surface area contributed by atoms with E-state index in [2.05, 4.69) is 121 Å². The SMILES string of the molecule is C=C/C=C\C=C(/C)c1ccnc(-n2c3ccc(-c4ccc5oc6ccccc6c5c4)cc3c3c4ccccc4ccc32)c1. The first-order valence-electron chi connectivity index (χ1n) is 14.5. The van der Waals surface area contributed by atoms with Gasteiger partial charge in [0.25, 0.3) is 0 Å². The van der Waals surface area contributed by atoms with E-state index in [1.54, 1.807) is 6.08 Å². The van der Waals surface area contributed by atoms with Crippen LogP contribution < -0.4 is 0 Å². The summed E-state index contributed by atoms with van der Waals surface area (Å²) in [6, 6.07) is 38.8. The van der Waals surface area contributed by atoms with Crippen molar-refractivity contribution in [3.63, 3.8) is 0 Å². The minimum absolute atomic E-state index is 0.896. The first-order chi connectivity index (χ1) is 21.2. The number of benzene rings is 5. The van der Waals surface area contributed by atoms with E-state index in [0.717, 1.165) is 55.5 Å². The number of furan rings is 1. The number of allylic oxidation sites excluding steroid dienone is 5. The van der Waals surface area contributed by atoms with Gasteiger partial charge >= 0.3 is 0 Å². The van der Waals surface area contributed by atoms with Gasteiger partial charge in [-0.05, 0) is 88.5 Å². The van der Waals surface area contributed by atoms with E-state index in [9.17, 15) is 0 Å². The number of nitrogens with zero attached hydrogens (tertiary/aromatic N) is 2. The highest BCUT2D eigenvalue weighted by molar-refractivity contribution is 6.22. The van der Waals surface area contributed by atoms with Crippen LogP contribution in [0.25, 0.3) is 77.0 Å². The average molecular weight is 553 g/mol. The fourth-order valence-electron chi connectivity index (χ4n) is 6.28. The van der Waals surface area contributed by atoms with Gasteiger partial charge in [-0.25, -0.2) is 4.98 Å². The molecule has 5 aromatic carbocycles. The van der Waals surface area contributed by atoms with E-state index < -0.39 is 0 Å². The van der Waals surface area contributed by atoms with Crippen LogP contribution in [-0.4, -0.2) is 9.55 Å². The molecule has 0 aliphatic heterocycles. The van der Waals surface area contributed by atoms with Crippen molar-refractivity contribution in [2.45, 2.75) is 6.92 Å². The van der Waals surface area contributed by atoms with Crippen LogP contribution in [0.3, 0.4) is 0 Å². The number of fused-ring (bicyclic) bond motifs is 8. The van der Waals surface area contributed by atoms with Gasteiger partial charge in [0.05, 0.1) is 11.0 Å². The molecule has 43 heavy (non-hydrogen) atoms. The maximum atomic E-state index is 6.10. The normalized spacial score (nSPS) is 12.4. The Labute approximate surface area is 249 Å². The highest BCUT2D eigenvalue weighted by Gasteiger charge is 2.17. The Hall–Kier alpha value is -5.67. The molecule has 0 saturated carbocycles. The number of hydrogen-bond donors (Lipinski definition) is 0. The van der Waals surface area contributed by atoms with Gasteiger partial charge in [-0.3, -0.25) is 4.57 Å². The van der Waals surface area contributed by atoms with Gasteiger partial charge in [0, 0.05) is 27.7 Å². The summed E-state index contributed by atoms with van der Waals surface area (Å²) < 4.78 is 8.40. The fraction of sp³-hybridized carbons (Fsp3) is 0.0250. The third-order valence-electron chi connectivity index (χ3n) is 8.39. The molecule has 0 fully saturated rings. The zero-order chi connectivity index (χ0) is 28.9. The number of hydrogen-bond acceptors (Lipinski definition) is 2. The zero-order valence-corrected chi connectivity index (χ0v) is 23.8. The summed E-state index contributed by atoms with van der Waals surface area (Å²) in [5.74, 6) is 0.896. The van der Waals surface area contributed by atoms with Crippen LogP contribution in [0.5, 0.6) is 0 Å². The lowest BCUT2D eigenvalue weighted by molar-refractivity contribution is 0.669. The minimum Gasteiger partial charge on any atom is -0.456 e. The van der Waals surface area contributed by atoms with Crippen LogP contribution in [0, 0.1) is 0 Å². The van der Waals surface area contributed by atoms with E-state index in [0.29, 0.717) is 0 Å². The Morgan fingerprint density at radius 1 is 0.698 bits per heavy atom. The molecule has 8 rings (SSSR count). The van der Waals surface area contributed by atoms with Crippen LogP contribution in [0.4, 0.5) is 0 Å². The Morgan fingerprint density at radius 3 is 2.33 bits per heavy atom. The Kier molecular flexibility index (Phi) is 5.83. The lowest BCUT2D eigenvalue weighted by atomic mass is 9.99. The minimum atomic E-state index is 0.896. The highest BCUT2D eigenvalue weighted by atomic mass is 16.3. The van der Waals surface area contributed by atoms with Gasteiger partial charge in [0.1, 0.15) is 17.0 Å². The quantitative estimate of drug-likeness (QED) is 0.199. The molecule has 8 aromatic rings. The maximum absolute atomic E-state index is 6.10. The molecule has 0 radical (unpaired) electrons. The average Bonchev–Trinajstić information content (AvgIpc) is 3.60. The van der Waals surface area contributed by atoms with Crippen molar-refractivity contribution in [3.05, 3.63) is 152 Å². The van der Waals surface area contributed by atoms with Gasteiger partial charge in [-0.15, -0.1) is 0 Å². The van der Waals surface area contributed by atoms with Crippen LogP contribution in [-0.2, 0) is 0 Å². The summed E-state index contributed by atoms with van der Waals surface area (Å²) in [4.78, 5) is 4.87. The maximum Gasteiger partial charge on any atom is 0.138 e. The number of para-hydroxylation sites is 1. The summed E-state index contributed by atoms with van der Waals surface area (Å²) >= 11 is 0. The lowest BCUT2D eigenvalue weighted by Gasteiger charge is -2.10. The molecular weight excluding hydrogens is 524 g/mol. The van der Waals surface area contributed by atoms with Crippen LogP contribution in [0.15, 0.2) is 151 Å². The van der Waals surface area contributed by atoms with Crippen molar-refractivity contribution in [3.8, 4) is 16.9 Å². The van der Waals surface area contributed by atoms with Crippen molar-refractivity contribution in [1.29, 1.82) is 0 Å². The largest absolute Gasteiger partial charge is 0.456 e. The van der Waals surface area contributed by atoms with E-state index in [1.807, 2.05) is 30.5 Å². The van der Waals surface area contributed by atoms with Gasteiger partial charge in [0.15, 0.2) is 0 Å². The second-order valence-electron chi connectivity index (χ2n) is 10.9. The van der Waals surface area contributed by atoms with E-state index in [1.165, 1.54) is 27.1 Å².